The zero-order valence-electron chi connectivity index (χ0n) is 13.7. The van der Waals surface area contributed by atoms with Gasteiger partial charge in [0.15, 0.2) is 0 Å². The number of aryl methyl sites for hydroxylation is 2. The monoisotopic (exact) mass is 364 g/mol. The van der Waals surface area contributed by atoms with Gasteiger partial charge in [0.05, 0.1) is 18.3 Å². The van der Waals surface area contributed by atoms with E-state index in [1.54, 1.807) is 0 Å². The van der Waals surface area contributed by atoms with E-state index < -0.39 is 0 Å². The standard InChI is InChI=1S/C15H24N4O2.2ClH/c1-11-12(2)21-14(17-11)10-18-6-8-19(9-7-18)15(20)13-4-3-5-16-13;;/h13,16H,3-10H2,1-2H3;2*1H/t13-;;/m0../s1. The van der Waals surface area contributed by atoms with Crippen molar-refractivity contribution in [1.82, 2.24) is 20.1 Å². The fourth-order valence-electron chi connectivity index (χ4n) is 3.04. The number of oxazole rings is 1. The number of carbonyl (C=O) groups excluding carboxylic acids is 1. The van der Waals surface area contributed by atoms with Crippen molar-refractivity contribution in [2.75, 3.05) is 32.7 Å². The van der Waals surface area contributed by atoms with Crippen molar-refractivity contribution in [1.29, 1.82) is 0 Å². The van der Waals surface area contributed by atoms with Crippen LogP contribution in [0.15, 0.2) is 4.42 Å². The first-order chi connectivity index (χ1) is 10.1. The molecule has 1 amide bonds. The van der Waals surface area contributed by atoms with Gasteiger partial charge in [-0.15, -0.1) is 24.8 Å². The van der Waals surface area contributed by atoms with Gasteiger partial charge in [-0.05, 0) is 33.2 Å². The quantitative estimate of drug-likeness (QED) is 0.880. The molecule has 132 valence electrons. The second-order valence-electron chi connectivity index (χ2n) is 6.00. The van der Waals surface area contributed by atoms with Gasteiger partial charge in [-0.25, -0.2) is 4.98 Å². The van der Waals surface area contributed by atoms with Crippen LogP contribution >= 0.6 is 24.8 Å². The average Bonchev–Trinajstić information content (AvgIpc) is 3.10. The van der Waals surface area contributed by atoms with Gasteiger partial charge in [0.25, 0.3) is 0 Å². The second kappa shape index (κ2) is 8.87. The third-order valence-electron chi connectivity index (χ3n) is 4.47. The Bertz CT molecular complexity index is 490. The Morgan fingerprint density at radius 2 is 1.96 bits per heavy atom. The molecule has 8 heteroatoms. The van der Waals surface area contributed by atoms with Crippen LogP contribution in [0.1, 0.15) is 30.2 Å². The van der Waals surface area contributed by atoms with E-state index >= 15 is 0 Å². The summed E-state index contributed by atoms with van der Waals surface area (Å²) < 4.78 is 5.63. The Hall–Kier alpha value is -0.820. The van der Waals surface area contributed by atoms with Crippen LogP contribution in [-0.2, 0) is 11.3 Å². The molecule has 0 saturated carbocycles. The van der Waals surface area contributed by atoms with Crippen molar-refractivity contribution in [2.45, 2.75) is 39.3 Å². The lowest BCUT2D eigenvalue weighted by Crippen LogP contribution is -2.52. The molecule has 0 aromatic carbocycles. The number of amides is 1. The molecule has 0 spiro atoms. The van der Waals surface area contributed by atoms with Gasteiger partial charge < -0.3 is 14.6 Å². The van der Waals surface area contributed by atoms with Gasteiger partial charge in [-0.3, -0.25) is 9.69 Å². The molecular weight excluding hydrogens is 339 g/mol. The van der Waals surface area contributed by atoms with E-state index in [1.165, 1.54) is 0 Å². The molecule has 2 fully saturated rings. The first-order valence-corrected chi connectivity index (χ1v) is 7.81. The summed E-state index contributed by atoms with van der Waals surface area (Å²) in [6.45, 7) is 8.99. The van der Waals surface area contributed by atoms with Crippen molar-refractivity contribution in [3.63, 3.8) is 0 Å². The predicted octanol–water partition coefficient (Wildman–Crippen LogP) is 1.53. The fraction of sp³-hybridized carbons (Fsp3) is 0.733. The first-order valence-electron chi connectivity index (χ1n) is 7.81. The molecule has 2 saturated heterocycles. The number of aromatic nitrogens is 1. The minimum absolute atomic E-state index is 0. The molecule has 2 aliphatic rings. The normalized spacial score (nSPS) is 21.7. The summed E-state index contributed by atoms with van der Waals surface area (Å²) in [5.74, 6) is 1.95. The molecule has 3 rings (SSSR count). The minimum atomic E-state index is 0. The number of rotatable bonds is 3. The average molecular weight is 365 g/mol. The molecule has 2 aliphatic heterocycles. The van der Waals surface area contributed by atoms with Crippen LogP contribution in [0, 0.1) is 13.8 Å². The van der Waals surface area contributed by atoms with E-state index in [0.717, 1.165) is 69.5 Å². The first kappa shape index (κ1) is 20.2. The molecular formula is C15H26Cl2N4O2. The van der Waals surface area contributed by atoms with E-state index in [1.807, 2.05) is 18.7 Å². The lowest BCUT2D eigenvalue weighted by Gasteiger charge is -2.35. The van der Waals surface area contributed by atoms with E-state index in [2.05, 4.69) is 15.2 Å². The highest BCUT2D eigenvalue weighted by molar-refractivity contribution is 5.85. The van der Waals surface area contributed by atoms with E-state index in [0.29, 0.717) is 0 Å². The minimum Gasteiger partial charge on any atom is -0.444 e. The van der Waals surface area contributed by atoms with Crippen molar-refractivity contribution in [3.05, 3.63) is 17.3 Å². The largest absolute Gasteiger partial charge is 0.444 e. The molecule has 23 heavy (non-hydrogen) atoms. The molecule has 0 bridgehead atoms. The number of hydrogen-bond donors (Lipinski definition) is 1. The van der Waals surface area contributed by atoms with Crippen LogP contribution in [0.25, 0.3) is 0 Å². The van der Waals surface area contributed by atoms with E-state index in [4.69, 9.17) is 4.42 Å². The molecule has 1 aromatic rings. The fourth-order valence-corrected chi connectivity index (χ4v) is 3.04. The molecule has 0 unspecified atom stereocenters. The molecule has 0 aliphatic carbocycles. The lowest BCUT2D eigenvalue weighted by atomic mass is 10.2. The van der Waals surface area contributed by atoms with Crippen LogP contribution in [-0.4, -0.2) is 59.5 Å². The zero-order chi connectivity index (χ0) is 14.8. The van der Waals surface area contributed by atoms with Crippen molar-refractivity contribution in [3.8, 4) is 0 Å². The van der Waals surface area contributed by atoms with Crippen LogP contribution in [0.3, 0.4) is 0 Å². The van der Waals surface area contributed by atoms with Crippen LogP contribution in [0.2, 0.25) is 0 Å². The number of piperazine rings is 1. The smallest absolute Gasteiger partial charge is 0.239 e. The van der Waals surface area contributed by atoms with Gasteiger partial charge in [0.2, 0.25) is 11.8 Å². The molecule has 1 atom stereocenters. The number of hydrogen-bond acceptors (Lipinski definition) is 5. The highest BCUT2D eigenvalue weighted by Gasteiger charge is 2.29. The van der Waals surface area contributed by atoms with Gasteiger partial charge in [0, 0.05) is 26.2 Å². The number of nitrogens with one attached hydrogen (secondary N) is 1. The van der Waals surface area contributed by atoms with Gasteiger partial charge in [-0.2, -0.15) is 0 Å². The van der Waals surface area contributed by atoms with E-state index in [9.17, 15) is 4.79 Å². The molecule has 1 aromatic heterocycles. The third-order valence-corrected chi connectivity index (χ3v) is 4.47. The molecule has 6 nitrogen and oxygen atoms in total. The SMILES string of the molecule is Cc1nc(CN2CCN(C(=O)[C@@H]3CCCN3)CC2)oc1C.Cl.Cl. The van der Waals surface area contributed by atoms with Crippen LogP contribution < -0.4 is 5.32 Å². The number of halogens is 2. The Morgan fingerprint density at radius 3 is 2.48 bits per heavy atom. The highest BCUT2D eigenvalue weighted by atomic mass is 35.5. The van der Waals surface area contributed by atoms with Crippen molar-refractivity contribution in [2.24, 2.45) is 0 Å². The summed E-state index contributed by atoms with van der Waals surface area (Å²) in [6.07, 6.45) is 2.09. The Labute approximate surface area is 149 Å². The molecule has 1 N–H and O–H groups in total. The van der Waals surface area contributed by atoms with Crippen LogP contribution in [0.5, 0.6) is 0 Å². The topological polar surface area (TPSA) is 61.6 Å². The number of carbonyl (C=O) groups is 1. The third kappa shape index (κ3) is 4.83. The maximum Gasteiger partial charge on any atom is 0.239 e. The van der Waals surface area contributed by atoms with Gasteiger partial charge in [0.1, 0.15) is 5.76 Å². The maximum absolute atomic E-state index is 12.3. The highest BCUT2D eigenvalue weighted by Crippen LogP contribution is 2.14. The lowest BCUT2D eigenvalue weighted by molar-refractivity contribution is -0.134. The predicted molar refractivity (Wildman–Crippen MR) is 93.4 cm³/mol. The molecule has 0 radical (unpaired) electrons. The maximum atomic E-state index is 12.3. The van der Waals surface area contributed by atoms with Crippen LogP contribution in [0.4, 0.5) is 0 Å². The Balaban J connectivity index is 0.00000132. The zero-order valence-corrected chi connectivity index (χ0v) is 15.3. The molecule has 3 heterocycles. The van der Waals surface area contributed by atoms with E-state index in [-0.39, 0.29) is 36.8 Å². The van der Waals surface area contributed by atoms with Gasteiger partial charge in [-0.1, -0.05) is 0 Å². The summed E-state index contributed by atoms with van der Waals surface area (Å²) in [7, 11) is 0. The Kier molecular flexibility index (Phi) is 7.80. The summed E-state index contributed by atoms with van der Waals surface area (Å²) >= 11 is 0. The second-order valence-corrected chi connectivity index (χ2v) is 6.00. The summed E-state index contributed by atoms with van der Waals surface area (Å²) in [4.78, 5) is 21.0. The Morgan fingerprint density at radius 1 is 1.26 bits per heavy atom. The summed E-state index contributed by atoms with van der Waals surface area (Å²) in [5, 5.41) is 3.28. The summed E-state index contributed by atoms with van der Waals surface area (Å²) in [6, 6.07) is 0.0496. The number of nitrogens with zero attached hydrogens (tertiary/aromatic N) is 3. The van der Waals surface area contributed by atoms with Crippen molar-refractivity contribution < 1.29 is 9.21 Å². The van der Waals surface area contributed by atoms with Gasteiger partial charge >= 0.3 is 0 Å². The summed E-state index contributed by atoms with van der Waals surface area (Å²) in [5.41, 5.74) is 0.964. The van der Waals surface area contributed by atoms with Crippen molar-refractivity contribution >= 4 is 30.7 Å².